The average molecular weight is 371 g/mol. The summed E-state index contributed by atoms with van der Waals surface area (Å²) in [5.74, 6) is 0.566. The van der Waals surface area contributed by atoms with Crippen LogP contribution >= 0.6 is 15.9 Å². The summed E-state index contributed by atoms with van der Waals surface area (Å²) in [4.78, 5) is 13.5. The van der Waals surface area contributed by atoms with E-state index >= 15 is 0 Å². The maximum Gasteiger partial charge on any atom is 0.260 e. The van der Waals surface area contributed by atoms with Crippen LogP contribution in [0.3, 0.4) is 0 Å². The number of halogens is 1. The normalized spacial score (nSPS) is 9.95. The maximum absolute atomic E-state index is 12.0. The molecule has 1 rings (SSSR count). The maximum atomic E-state index is 12.0. The van der Waals surface area contributed by atoms with Crippen LogP contribution in [0.5, 0.6) is 11.5 Å². The van der Waals surface area contributed by atoms with Crippen LogP contribution in [0.4, 0.5) is 0 Å². The lowest BCUT2D eigenvalue weighted by atomic mass is 10.2. The van der Waals surface area contributed by atoms with Gasteiger partial charge in [-0.3, -0.25) is 4.79 Å². The fourth-order valence-corrected chi connectivity index (χ4v) is 2.40. The first-order valence-corrected chi connectivity index (χ1v) is 7.74. The Bertz CT molecular complexity index is 557. The highest BCUT2D eigenvalue weighted by molar-refractivity contribution is 9.10. The van der Waals surface area contributed by atoms with E-state index in [1.54, 1.807) is 12.1 Å². The van der Waals surface area contributed by atoms with E-state index in [0.29, 0.717) is 34.7 Å². The van der Waals surface area contributed by atoms with E-state index < -0.39 is 0 Å². The van der Waals surface area contributed by atoms with Gasteiger partial charge in [0.25, 0.3) is 5.91 Å². The summed E-state index contributed by atoms with van der Waals surface area (Å²) < 4.78 is 11.6. The topological polar surface area (TPSA) is 82.8 Å². The Morgan fingerprint density at radius 2 is 2.14 bits per heavy atom. The van der Waals surface area contributed by atoms with Gasteiger partial charge in [0.2, 0.25) is 0 Å². The van der Waals surface area contributed by atoms with Crippen molar-refractivity contribution in [3.63, 3.8) is 0 Å². The molecule has 0 atom stereocenters. The number of carbonyl (C=O) groups is 1. The highest BCUT2D eigenvalue weighted by atomic mass is 79.9. The van der Waals surface area contributed by atoms with Gasteiger partial charge < -0.3 is 19.5 Å². The van der Waals surface area contributed by atoms with Crippen molar-refractivity contribution < 1.29 is 19.4 Å². The zero-order chi connectivity index (χ0) is 16.5. The summed E-state index contributed by atoms with van der Waals surface area (Å²) in [5.41, 5.74) is 0.435. The first-order chi connectivity index (χ1) is 10.6. The van der Waals surface area contributed by atoms with Crippen molar-refractivity contribution in [1.82, 2.24) is 4.90 Å². The van der Waals surface area contributed by atoms with E-state index in [1.165, 1.54) is 4.90 Å². The molecule has 6 nitrogen and oxygen atoms in total. The molecule has 0 aliphatic heterocycles. The second-order valence-electron chi connectivity index (χ2n) is 4.32. The third-order valence-corrected chi connectivity index (χ3v) is 3.47. The van der Waals surface area contributed by atoms with Gasteiger partial charge in [-0.25, -0.2) is 0 Å². The molecule has 1 N–H and O–H groups in total. The molecule has 1 aromatic rings. The minimum absolute atomic E-state index is 0.0929. The Kier molecular flexibility index (Phi) is 7.71. The molecule has 0 spiro atoms. The Morgan fingerprint density at radius 3 is 2.68 bits per heavy atom. The van der Waals surface area contributed by atoms with Crippen molar-refractivity contribution in [2.45, 2.75) is 13.8 Å². The Hall–Kier alpha value is -1.78. The molecule has 0 fully saturated rings. The smallest absolute Gasteiger partial charge is 0.260 e. The van der Waals surface area contributed by atoms with E-state index in [9.17, 15) is 4.79 Å². The van der Waals surface area contributed by atoms with E-state index in [2.05, 4.69) is 15.9 Å². The Labute approximate surface area is 138 Å². The first-order valence-electron chi connectivity index (χ1n) is 6.95. The Morgan fingerprint density at radius 1 is 1.41 bits per heavy atom. The molecule has 7 heteroatoms. The third kappa shape index (κ3) is 4.90. The lowest BCUT2D eigenvalue weighted by Gasteiger charge is -2.20. The highest BCUT2D eigenvalue weighted by Gasteiger charge is 2.16. The molecule has 0 saturated heterocycles. The second kappa shape index (κ2) is 9.28. The van der Waals surface area contributed by atoms with Crippen molar-refractivity contribution in [3.05, 3.63) is 22.2 Å². The van der Waals surface area contributed by atoms with E-state index in [-0.39, 0.29) is 25.7 Å². The number of nitrogens with zero attached hydrogens (tertiary/aromatic N) is 2. The predicted molar refractivity (Wildman–Crippen MR) is 84.9 cm³/mol. The monoisotopic (exact) mass is 370 g/mol. The lowest BCUT2D eigenvalue weighted by molar-refractivity contribution is -0.133. The molecular formula is C15H19BrN2O4. The quantitative estimate of drug-likeness (QED) is 0.755. The summed E-state index contributed by atoms with van der Waals surface area (Å²) in [5, 5.41) is 17.9. The zero-order valence-electron chi connectivity index (χ0n) is 12.6. The molecule has 22 heavy (non-hydrogen) atoms. The van der Waals surface area contributed by atoms with Gasteiger partial charge in [0, 0.05) is 19.2 Å². The molecule has 0 bridgehead atoms. The van der Waals surface area contributed by atoms with Gasteiger partial charge in [-0.05, 0) is 35.8 Å². The predicted octanol–water partition coefficient (Wildman–Crippen LogP) is 1.94. The van der Waals surface area contributed by atoms with Gasteiger partial charge in [-0.15, -0.1) is 0 Å². The van der Waals surface area contributed by atoms with Crippen LogP contribution in [-0.4, -0.2) is 48.8 Å². The molecule has 0 aromatic heterocycles. The van der Waals surface area contributed by atoms with E-state index in [0.717, 1.165) is 0 Å². The van der Waals surface area contributed by atoms with Crippen molar-refractivity contribution in [2.24, 2.45) is 0 Å². The molecule has 0 aliphatic carbocycles. The third-order valence-electron chi connectivity index (χ3n) is 2.88. The van der Waals surface area contributed by atoms with Crippen LogP contribution in [0.1, 0.15) is 19.4 Å². The number of nitriles is 1. The molecule has 0 unspecified atom stereocenters. The summed E-state index contributed by atoms with van der Waals surface area (Å²) in [6, 6.07) is 5.21. The fraction of sp³-hybridized carbons (Fsp3) is 0.467. The number of hydrogen-bond donors (Lipinski definition) is 1. The number of ether oxygens (including phenoxy) is 2. The molecule has 120 valence electrons. The van der Waals surface area contributed by atoms with Crippen LogP contribution in [0.2, 0.25) is 0 Å². The fourth-order valence-electron chi connectivity index (χ4n) is 1.84. The van der Waals surface area contributed by atoms with Crippen LogP contribution in [0.15, 0.2) is 16.6 Å². The van der Waals surface area contributed by atoms with Crippen molar-refractivity contribution in [1.29, 1.82) is 5.26 Å². The van der Waals surface area contributed by atoms with Gasteiger partial charge in [-0.1, -0.05) is 0 Å². The largest absolute Gasteiger partial charge is 0.490 e. The number of rotatable bonds is 8. The first kappa shape index (κ1) is 18.3. The molecular weight excluding hydrogens is 352 g/mol. The number of benzene rings is 1. The van der Waals surface area contributed by atoms with E-state index in [4.69, 9.17) is 19.8 Å². The molecule has 1 amide bonds. The molecule has 0 radical (unpaired) electrons. The summed E-state index contributed by atoms with van der Waals surface area (Å²) in [6.07, 6.45) is 0. The van der Waals surface area contributed by atoms with Gasteiger partial charge in [-0.2, -0.15) is 5.26 Å². The SMILES string of the molecule is CCOc1cc(C#N)cc(Br)c1OCC(=O)N(CC)CCO. The zero-order valence-corrected chi connectivity index (χ0v) is 14.2. The highest BCUT2D eigenvalue weighted by Crippen LogP contribution is 2.36. The molecule has 0 aliphatic rings. The van der Waals surface area contributed by atoms with Gasteiger partial charge in [0.1, 0.15) is 0 Å². The lowest BCUT2D eigenvalue weighted by Crippen LogP contribution is -2.36. The number of aliphatic hydroxyl groups excluding tert-OH is 1. The molecule has 0 saturated carbocycles. The van der Waals surface area contributed by atoms with Crippen molar-refractivity contribution in [2.75, 3.05) is 32.9 Å². The van der Waals surface area contributed by atoms with Gasteiger partial charge in [0.05, 0.1) is 29.3 Å². The van der Waals surface area contributed by atoms with Crippen molar-refractivity contribution in [3.8, 4) is 17.6 Å². The van der Waals surface area contributed by atoms with E-state index in [1.807, 2.05) is 19.9 Å². The number of likely N-dealkylation sites (N-methyl/N-ethyl adjacent to an activating group) is 1. The summed E-state index contributed by atoms with van der Waals surface area (Å²) in [7, 11) is 0. The Balaban J connectivity index is 2.88. The van der Waals surface area contributed by atoms with Gasteiger partial charge in [0.15, 0.2) is 18.1 Å². The van der Waals surface area contributed by atoms with Crippen LogP contribution in [-0.2, 0) is 4.79 Å². The number of hydrogen-bond acceptors (Lipinski definition) is 5. The average Bonchev–Trinajstić information content (AvgIpc) is 2.51. The van der Waals surface area contributed by atoms with Crippen LogP contribution < -0.4 is 9.47 Å². The number of carbonyl (C=O) groups excluding carboxylic acids is 1. The number of aliphatic hydroxyl groups is 1. The van der Waals surface area contributed by atoms with Crippen molar-refractivity contribution >= 4 is 21.8 Å². The minimum atomic E-state index is -0.227. The molecule has 0 heterocycles. The molecule has 1 aromatic carbocycles. The number of amides is 1. The summed E-state index contributed by atoms with van der Waals surface area (Å²) >= 11 is 3.32. The second-order valence-corrected chi connectivity index (χ2v) is 5.17. The van der Waals surface area contributed by atoms with Gasteiger partial charge >= 0.3 is 0 Å². The standard InChI is InChI=1S/C15H19BrN2O4/c1-3-18(5-6-19)14(20)10-22-15-12(16)7-11(9-17)8-13(15)21-4-2/h7-8,19H,3-6,10H2,1-2H3. The minimum Gasteiger partial charge on any atom is -0.490 e. The summed E-state index contributed by atoms with van der Waals surface area (Å²) in [6.45, 7) is 4.57. The van der Waals surface area contributed by atoms with Crippen LogP contribution in [0, 0.1) is 11.3 Å². The van der Waals surface area contributed by atoms with Crippen LogP contribution in [0.25, 0.3) is 0 Å².